The van der Waals surface area contributed by atoms with E-state index in [-0.39, 0.29) is 23.4 Å². The first-order valence-electron chi connectivity index (χ1n) is 9.85. The third-order valence-electron chi connectivity index (χ3n) is 5.79. The number of rotatable bonds is 7. The van der Waals surface area contributed by atoms with Gasteiger partial charge in [-0.15, -0.1) is 0 Å². The van der Waals surface area contributed by atoms with Crippen molar-refractivity contribution in [1.82, 2.24) is 5.32 Å². The number of carboxylic acid groups (broad SMARTS) is 1. The second-order valence-corrected chi connectivity index (χ2v) is 9.06. The van der Waals surface area contributed by atoms with Gasteiger partial charge in [-0.25, -0.2) is 4.79 Å². The Morgan fingerprint density at radius 2 is 2.07 bits per heavy atom. The summed E-state index contributed by atoms with van der Waals surface area (Å²) in [6.07, 6.45) is 7.24. The average Bonchev–Trinajstić information content (AvgIpc) is 2.68. The van der Waals surface area contributed by atoms with Gasteiger partial charge in [-0.1, -0.05) is 44.2 Å². The molecule has 2 fully saturated rings. The highest BCUT2D eigenvalue weighted by Gasteiger charge is 2.42. The third kappa shape index (κ3) is 5.82. The molecule has 1 aromatic carbocycles. The number of morpholine rings is 1. The SMILES string of the molecule is O=C(O)c1cccc(C[C@@H]2CO[C@H](C(CC3CCCCC3)[P+](=O)O)CN2)c1. The fourth-order valence-corrected chi connectivity index (χ4v) is 5.24. The topological polar surface area (TPSA) is 95.9 Å². The quantitative estimate of drug-likeness (QED) is 0.614. The van der Waals surface area contributed by atoms with E-state index in [9.17, 15) is 14.3 Å². The molecule has 3 N–H and O–H groups in total. The highest BCUT2D eigenvalue weighted by atomic mass is 31.1. The molecule has 1 saturated heterocycles. The first-order chi connectivity index (χ1) is 13.0. The smallest absolute Gasteiger partial charge is 0.478 e. The van der Waals surface area contributed by atoms with Crippen molar-refractivity contribution in [2.75, 3.05) is 13.2 Å². The van der Waals surface area contributed by atoms with Crippen molar-refractivity contribution >= 4 is 14.0 Å². The number of aromatic carboxylic acids is 1. The molecule has 0 aromatic heterocycles. The Balaban J connectivity index is 1.52. The number of carboxylic acids is 1. The van der Waals surface area contributed by atoms with Gasteiger partial charge in [0.05, 0.1) is 12.2 Å². The summed E-state index contributed by atoms with van der Waals surface area (Å²) in [6.45, 7) is 1.02. The third-order valence-corrected chi connectivity index (χ3v) is 6.90. The van der Waals surface area contributed by atoms with Gasteiger partial charge in [0.25, 0.3) is 0 Å². The van der Waals surface area contributed by atoms with E-state index in [1.807, 2.05) is 6.07 Å². The minimum atomic E-state index is -2.27. The summed E-state index contributed by atoms with van der Waals surface area (Å²) in [6, 6.07) is 7.02. The van der Waals surface area contributed by atoms with Crippen LogP contribution >= 0.6 is 8.03 Å². The van der Waals surface area contributed by atoms with Gasteiger partial charge in [0.15, 0.2) is 0 Å². The monoisotopic (exact) mass is 394 g/mol. The molecule has 7 heteroatoms. The van der Waals surface area contributed by atoms with Gasteiger partial charge in [0.1, 0.15) is 6.10 Å². The lowest BCUT2D eigenvalue weighted by Crippen LogP contribution is -2.51. The Morgan fingerprint density at radius 3 is 2.70 bits per heavy atom. The van der Waals surface area contributed by atoms with E-state index in [0.717, 1.165) is 24.8 Å². The molecule has 2 unspecified atom stereocenters. The van der Waals surface area contributed by atoms with Crippen molar-refractivity contribution in [3.8, 4) is 0 Å². The van der Waals surface area contributed by atoms with Gasteiger partial charge >= 0.3 is 14.0 Å². The summed E-state index contributed by atoms with van der Waals surface area (Å²) in [5.41, 5.74) is 0.917. The summed E-state index contributed by atoms with van der Waals surface area (Å²) in [7, 11) is -2.27. The molecule has 1 aliphatic heterocycles. The standard InChI is InChI=1S/C20H28NO5P/c22-20(23)16-8-4-7-15(9-16)10-17-13-26-18(12-21-17)19(27(24)25)11-14-5-2-1-3-6-14/h4,7-9,14,17-19,21H,1-3,5-6,10-13H2,(H-,22,23,24,25)/p+1/t17-,18+,19?/m1/s1. The largest absolute Gasteiger partial charge is 0.511 e. The van der Waals surface area contributed by atoms with Crippen LogP contribution in [0.25, 0.3) is 0 Å². The maximum Gasteiger partial charge on any atom is 0.511 e. The zero-order valence-electron chi connectivity index (χ0n) is 15.5. The molecule has 0 bridgehead atoms. The van der Waals surface area contributed by atoms with Gasteiger partial charge in [-0.3, -0.25) is 0 Å². The molecule has 4 atom stereocenters. The molecule has 2 aliphatic rings. The van der Waals surface area contributed by atoms with Crippen LogP contribution < -0.4 is 5.32 Å². The van der Waals surface area contributed by atoms with Crippen LogP contribution in [0.5, 0.6) is 0 Å². The first-order valence-corrected chi connectivity index (χ1v) is 11.1. The average molecular weight is 394 g/mol. The van der Waals surface area contributed by atoms with E-state index in [0.29, 0.717) is 25.5 Å². The molecule has 3 rings (SSSR count). The molecule has 1 aliphatic carbocycles. The molecule has 1 saturated carbocycles. The predicted molar refractivity (Wildman–Crippen MR) is 103 cm³/mol. The lowest BCUT2D eigenvalue weighted by atomic mass is 9.85. The molecule has 1 aromatic rings. The van der Waals surface area contributed by atoms with Gasteiger partial charge in [-0.2, -0.15) is 4.89 Å². The summed E-state index contributed by atoms with van der Waals surface area (Å²) in [5.74, 6) is -0.392. The molecule has 0 spiro atoms. The lowest BCUT2D eigenvalue weighted by Gasteiger charge is -2.32. The van der Waals surface area contributed by atoms with Crippen LogP contribution in [0.1, 0.15) is 54.4 Å². The van der Waals surface area contributed by atoms with Crippen LogP contribution in [-0.4, -0.2) is 46.9 Å². The lowest BCUT2D eigenvalue weighted by molar-refractivity contribution is -0.00266. The van der Waals surface area contributed by atoms with Gasteiger partial charge < -0.3 is 15.2 Å². The van der Waals surface area contributed by atoms with E-state index in [1.54, 1.807) is 18.2 Å². The van der Waals surface area contributed by atoms with E-state index in [2.05, 4.69) is 5.32 Å². The molecule has 0 amide bonds. The van der Waals surface area contributed by atoms with Crippen molar-refractivity contribution < 1.29 is 24.1 Å². The number of nitrogens with one attached hydrogen (secondary N) is 1. The zero-order chi connectivity index (χ0) is 19.2. The number of hydrogen-bond donors (Lipinski definition) is 3. The van der Waals surface area contributed by atoms with Crippen molar-refractivity contribution in [3.63, 3.8) is 0 Å². The molecular formula is C20H29NO5P+. The minimum absolute atomic E-state index is 0.0807. The molecular weight excluding hydrogens is 365 g/mol. The number of hydrogen-bond acceptors (Lipinski definition) is 4. The van der Waals surface area contributed by atoms with E-state index < -0.39 is 14.0 Å². The normalized spacial score (nSPS) is 25.7. The fraction of sp³-hybridized carbons (Fsp3) is 0.650. The van der Waals surface area contributed by atoms with Crippen LogP contribution in [-0.2, 0) is 15.7 Å². The van der Waals surface area contributed by atoms with Crippen LogP contribution in [0.2, 0.25) is 0 Å². The summed E-state index contributed by atoms with van der Waals surface area (Å²) >= 11 is 0. The molecule has 0 radical (unpaired) electrons. The second-order valence-electron chi connectivity index (χ2n) is 7.80. The van der Waals surface area contributed by atoms with Crippen LogP contribution in [0, 0.1) is 5.92 Å². The van der Waals surface area contributed by atoms with Crippen molar-refractivity contribution in [1.29, 1.82) is 0 Å². The highest BCUT2D eigenvalue weighted by Crippen LogP contribution is 2.37. The summed E-state index contributed by atoms with van der Waals surface area (Å²) in [4.78, 5) is 20.9. The van der Waals surface area contributed by atoms with E-state index in [4.69, 9.17) is 9.84 Å². The molecule has 6 nitrogen and oxygen atoms in total. The second kappa shape index (κ2) is 9.74. The predicted octanol–water partition coefficient (Wildman–Crippen LogP) is 3.36. The Kier molecular flexibility index (Phi) is 7.36. The molecule has 27 heavy (non-hydrogen) atoms. The number of ether oxygens (including phenoxy) is 1. The summed E-state index contributed by atoms with van der Waals surface area (Å²) < 4.78 is 17.9. The molecule has 1 heterocycles. The number of carbonyl (C=O) groups is 1. The van der Waals surface area contributed by atoms with E-state index >= 15 is 0 Å². The van der Waals surface area contributed by atoms with Crippen LogP contribution in [0.3, 0.4) is 0 Å². The Morgan fingerprint density at radius 1 is 1.30 bits per heavy atom. The first kappa shape index (κ1) is 20.4. The Hall–Kier alpha value is -1.33. The Bertz CT molecular complexity index is 654. The van der Waals surface area contributed by atoms with Crippen molar-refractivity contribution in [3.05, 3.63) is 35.4 Å². The van der Waals surface area contributed by atoms with Gasteiger partial charge in [0, 0.05) is 19.0 Å². The highest BCUT2D eigenvalue weighted by molar-refractivity contribution is 7.39. The van der Waals surface area contributed by atoms with Crippen LogP contribution in [0.4, 0.5) is 0 Å². The molecule has 148 valence electrons. The minimum Gasteiger partial charge on any atom is -0.478 e. The maximum absolute atomic E-state index is 11.9. The summed E-state index contributed by atoms with van der Waals surface area (Å²) in [5, 5.41) is 12.5. The van der Waals surface area contributed by atoms with Gasteiger partial charge in [-0.05, 0) is 34.6 Å². The maximum atomic E-state index is 11.9. The number of benzene rings is 1. The Labute approximate surface area is 161 Å². The van der Waals surface area contributed by atoms with Crippen LogP contribution in [0.15, 0.2) is 24.3 Å². The zero-order valence-corrected chi connectivity index (χ0v) is 16.4. The van der Waals surface area contributed by atoms with Gasteiger partial charge in [0.2, 0.25) is 5.66 Å². The fourth-order valence-electron chi connectivity index (χ4n) is 4.28. The van der Waals surface area contributed by atoms with Crippen molar-refractivity contribution in [2.45, 2.75) is 62.8 Å². The van der Waals surface area contributed by atoms with Crippen molar-refractivity contribution in [2.24, 2.45) is 5.92 Å². The van der Waals surface area contributed by atoms with E-state index in [1.165, 1.54) is 19.3 Å².